The van der Waals surface area contributed by atoms with Crippen molar-refractivity contribution in [3.63, 3.8) is 0 Å². The lowest BCUT2D eigenvalue weighted by atomic mass is 10.1. The third-order valence-corrected chi connectivity index (χ3v) is 5.77. The standard InChI is InChI=1S/C21H22N4O3S/c1-14(22-20(27)17-8-5-11-28-17)19(26)24-21-23-16-9-10-25(13-18(16)29-21)12-15-6-3-2-4-7-15/h2-8,11,14H,9-10,12-13H2,1H3,(H,22,27)(H,23,24,26). The summed E-state index contributed by atoms with van der Waals surface area (Å²) in [6.45, 7) is 4.29. The Morgan fingerprint density at radius 1 is 1.24 bits per heavy atom. The van der Waals surface area contributed by atoms with Gasteiger partial charge < -0.3 is 15.1 Å². The Bertz CT molecular complexity index is 985. The number of fused-ring (bicyclic) bond motifs is 1. The molecule has 1 aromatic carbocycles. The molecule has 0 fully saturated rings. The summed E-state index contributed by atoms with van der Waals surface area (Å²) >= 11 is 1.50. The molecular formula is C21H22N4O3S. The largest absolute Gasteiger partial charge is 0.459 e. The molecule has 2 aromatic heterocycles. The van der Waals surface area contributed by atoms with E-state index in [0.717, 1.165) is 31.7 Å². The molecule has 1 aliphatic heterocycles. The molecule has 3 heterocycles. The van der Waals surface area contributed by atoms with Crippen molar-refractivity contribution >= 4 is 28.3 Å². The van der Waals surface area contributed by atoms with Gasteiger partial charge in [0.1, 0.15) is 6.04 Å². The van der Waals surface area contributed by atoms with Crippen molar-refractivity contribution in [3.8, 4) is 0 Å². The van der Waals surface area contributed by atoms with E-state index in [-0.39, 0.29) is 11.7 Å². The smallest absolute Gasteiger partial charge is 0.287 e. The zero-order valence-corrected chi connectivity index (χ0v) is 16.9. The van der Waals surface area contributed by atoms with Gasteiger partial charge in [-0.05, 0) is 24.6 Å². The number of hydrogen-bond acceptors (Lipinski definition) is 6. The van der Waals surface area contributed by atoms with Crippen LogP contribution in [-0.2, 0) is 24.3 Å². The second-order valence-corrected chi connectivity index (χ2v) is 8.08. The number of benzene rings is 1. The van der Waals surface area contributed by atoms with E-state index in [1.54, 1.807) is 19.1 Å². The Balaban J connectivity index is 1.34. The number of rotatable bonds is 6. The second-order valence-electron chi connectivity index (χ2n) is 7.00. The van der Waals surface area contributed by atoms with Crippen molar-refractivity contribution in [2.75, 3.05) is 11.9 Å². The molecule has 0 aliphatic carbocycles. The van der Waals surface area contributed by atoms with Gasteiger partial charge in [0, 0.05) is 30.9 Å². The van der Waals surface area contributed by atoms with Gasteiger partial charge >= 0.3 is 0 Å². The van der Waals surface area contributed by atoms with E-state index in [9.17, 15) is 9.59 Å². The van der Waals surface area contributed by atoms with Gasteiger partial charge in [-0.25, -0.2) is 4.98 Å². The van der Waals surface area contributed by atoms with Crippen molar-refractivity contribution in [3.05, 3.63) is 70.6 Å². The van der Waals surface area contributed by atoms with Crippen LogP contribution in [0.1, 0.15) is 33.6 Å². The molecule has 29 heavy (non-hydrogen) atoms. The van der Waals surface area contributed by atoms with Gasteiger partial charge in [0.15, 0.2) is 10.9 Å². The molecule has 0 saturated heterocycles. The predicted octanol–water partition coefficient (Wildman–Crippen LogP) is 3.05. The third kappa shape index (κ3) is 4.72. The number of anilines is 1. The maximum Gasteiger partial charge on any atom is 0.287 e. The number of hydrogen-bond donors (Lipinski definition) is 2. The summed E-state index contributed by atoms with van der Waals surface area (Å²) in [7, 11) is 0. The van der Waals surface area contributed by atoms with Gasteiger partial charge in [-0.15, -0.1) is 11.3 Å². The van der Waals surface area contributed by atoms with Gasteiger partial charge in [0.05, 0.1) is 12.0 Å². The summed E-state index contributed by atoms with van der Waals surface area (Å²) in [4.78, 5) is 32.6. The Labute approximate surface area is 172 Å². The molecule has 7 nitrogen and oxygen atoms in total. The lowest BCUT2D eigenvalue weighted by Gasteiger charge is -2.25. The monoisotopic (exact) mass is 410 g/mol. The van der Waals surface area contributed by atoms with Crippen LogP contribution in [-0.4, -0.2) is 34.3 Å². The highest BCUT2D eigenvalue weighted by Gasteiger charge is 2.23. The van der Waals surface area contributed by atoms with Gasteiger partial charge in [-0.1, -0.05) is 30.3 Å². The number of carbonyl (C=O) groups excluding carboxylic acids is 2. The Morgan fingerprint density at radius 2 is 2.07 bits per heavy atom. The SMILES string of the molecule is CC(NC(=O)c1ccco1)C(=O)Nc1nc2c(s1)CN(Cc1ccccc1)CC2. The zero-order chi connectivity index (χ0) is 20.2. The highest BCUT2D eigenvalue weighted by molar-refractivity contribution is 7.15. The molecule has 4 rings (SSSR count). The Hall–Kier alpha value is -2.97. The van der Waals surface area contributed by atoms with Crippen LogP contribution in [0.25, 0.3) is 0 Å². The van der Waals surface area contributed by atoms with Crippen LogP contribution in [0.15, 0.2) is 53.1 Å². The summed E-state index contributed by atoms with van der Waals surface area (Å²) < 4.78 is 5.04. The summed E-state index contributed by atoms with van der Waals surface area (Å²) in [6, 6.07) is 12.9. The minimum absolute atomic E-state index is 0.174. The van der Waals surface area contributed by atoms with Crippen LogP contribution < -0.4 is 10.6 Å². The molecule has 150 valence electrons. The quantitative estimate of drug-likeness (QED) is 0.652. The van der Waals surface area contributed by atoms with Crippen LogP contribution in [0.4, 0.5) is 5.13 Å². The lowest BCUT2D eigenvalue weighted by molar-refractivity contribution is -0.117. The van der Waals surface area contributed by atoms with E-state index in [4.69, 9.17) is 4.42 Å². The molecule has 2 amide bonds. The Kier molecular flexibility index (Phi) is 5.73. The van der Waals surface area contributed by atoms with E-state index in [1.165, 1.54) is 28.0 Å². The fourth-order valence-corrected chi connectivity index (χ4v) is 4.29. The van der Waals surface area contributed by atoms with E-state index in [2.05, 4.69) is 44.8 Å². The number of amides is 2. The molecule has 0 bridgehead atoms. The molecule has 1 atom stereocenters. The zero-order valence-electron chi connectivity index (χ0n) is 16.1. The fraction of sp³-hybridized carbons (Fsp3) is 0.286. The first-order valence-corrected chi connectivity index (χ1v) is 10.3. The first kappa shape index (κ1) is 19.4. The van der Waals surface area contributed by atoms with E-state index in [0.29, 0.717) is 5.13 Å². The molecular weight excluding hydrogens is 388 g/mol. The molecule has 2 N–H and O–H groups in total. The molecule has 0 spiro atoms. The molecule has 0 radical (unpaired) electrons. The highest BCUT2D eigenvalue weighted by Crippen LogP contribution is 2.29. The van der Waals surface area contributed by atoms with Gasteiger partial charge in [0.25, 0.3) is 5.91 Å². The minimum Gasteiger partial charge on any atom is -0.459 e. The van der Waals surface area contributed by atoms with Crippen molar-refractivity contribution in [1.82, 2.24) is 15.2 Å². The van der Waals surface area contributed by atoms with Crippen LogP contribution in [0.2, 0.25) is 0 Å². The maximum atomic E-state index is 12.4. The van der Waals surface area contributed by atoms with Crippen molar-refractivity contribution in [2.24, 2.45) is 0 Å². The topological polar surface area (TPSA) is 87.5 Å². The lowest BCUT2D eigenvalue weighted by Crippen LogP contribution is -2.41. The van der Waals surface area contributed by atoms with Crippen molar-refractivity contribution < 1.29 is 14.0 Å². The van der Waals surface area contributed by atoms with Gasteiger partial charge in [-0.3, -0.25) is 14.5 Å². The van der Waals surface area contributed by atoms with Crippen LogP contribution in [0.3, 0.4) is 0 Å². The summed E-state index contributed by atoms with van der Waals surface area (Å²) in [5.41, 5.74) is 2.33. The van der Waals surface area contributed by atoms with Gasteiger partial charge in [-0.2, -0.15) is 0 Å². The average Bonchev–Trinajstić information content (AvgIpc) is 3.38. The Morgan fingerprint density at radius 3 is 2.83 bits per heavy atom. The van der Waals surface area contributed by atoms with E-state index >= 15 is 0 Å². The normalized spacial score (nSPS) is 14.8. The molecule has 0 saturated carbocycles. The second kappa shape index (κ2) is 8.59. The van der Waals surface area contributed by atoms with Crippen LogP contribution in [0.5, 0.6) is 0 Å². The van der Waals surface area contributed by atoms with E-state index in [1.807, 2.05) is 6.07 Å². The number of furan rings is 1. The maximum absolute atomic E-state index is 12.4. The van der Waals surface area contributed by atoms with Crippen molar-refractivity contribution in [2.45, 2.75) is 32.5 Å². The fourth-order valence-electron chi connectivity index (χ4n) is 3.23. The number of aromatic nitrogens is 1. The van der Waals surface area contributed by atoms with Crippen molar-refractivity contribution in [1.29, 1.82) is 0 Å². The summed E-state index contributed by atoms with van der Waals surface area (Å²) in [6.07, 6.45) is 2.28. The first-order valence-electron chi connectivity index (χ1n) is 9.48. The highest BCUT2D eigenvalue weighted by atomic mass is 32.1. The van der Waals surface area contributed by atoms with Crippen LogP contribution >= 0.6 is 11.3 Å². The molecule has 8 heteroatoms. The molecule has 3 aromatic rings. The van der Waals surface area contributed by atoms with E-state index < -0.39 is 11.9 Å². The number of nitrogens with one attached hydrogen (secondary N) is 2. The number of nitrogens with zero attached hydrogens (tertiary/aromatic N) is 2. The average molecular weight is 410 g/mol. The molecule has 1 aliphatic rings. The predicted molar refractivity (Wildman–Crippen MR) is 111 cm³/mol. The van der Waals surface area contributed by atoms with Crippen LogP contribution in [0, 0.1) is 0 Å². The molecule has 1 unspecified atom stereocenters. The number of carbonyl (C=O) groups is 2. The third-order valence-electron chi connectivity index (χ3n) is 4.78. The van der Waals surface area contributed by atoms with Gasteiger partial charge in [0.2, 0.25) is 5.91 Å². The number of thiazole rings is 1. The first-order chi connectivity index (χ1) is 14.1. The summed E-state index contributed by atoms with van der Waals surface area (Å²) in [5, 5.41) is 6.01. The summed E-state index contributed by atoms with van der Waals surface area (Å²) in [5.74, 6) is -0.558. The minimum atomic E-state index is -0.705.